The third kappa shape index (κ3) is 6.74. The number of benzene rings is 4. The highest BCUT2D eigenvalue weighted by atomic mass is 16.5. The first kappa shape index (κ1) is 32.6. The number of nitrogens with zero attached hydrogens (tertiary/aromatic N) is 1. The Morgan fingerprint density at radius 1 is 0.630 bits per heavy atom. The zero-order valence-corrected chi connectivity index (χ0v) is 26.6. The molecule has 2 unspecified atom stereocenters. The van der Waals surface area contributed by atoms with Gasteiger partial charge < -0.3 is 43.4 Å². The van der Waals surface area contributed by atoms with E-state index in [0.717, 1.165) is 16.8 Å². The van der Waals surface area contributed by atoms with Crippen LogP contribution >= 0.6 is 0 Å². The highest BCUT2D eigenvalue weighted by Gasteiger charge is 2.42. The van der Waals surface area contributed by atoms with E-state index >= 15 is 0 Å². The maximum atomic E-state index is 10.7. The fourth-order valence-corrected chi connectivity index (χ4v) is 5.43. The van der Waals surface area contributed by atoms with Gasteiger partial charge in [0.15, 0.2) is 28.6 Å². The number of aliphatic hydroxyl groups is 2. The third-order valence-corrected chi connectivity index (χ3v) is 8.01. The minimum Gasteiger partial charge on any atom is -0.493 e. The fourth-order valence-electron chi connectivity index (χ4n) is 5.43. The molecule has 10 heteroatoms. The summed E-state index contributed by atoms with van der Waals surface area (Å²) >= 11 is 0. The summed E-state index contributed by atoms with van der Waals surface area (Å²) in [6.45, 7) is 2.29. The molecular formula is C36H39NO9. The van der Waals surface area contributed by atoms with Crippen molar-refractivity contribution in [3.8, 4) is 34.5 Å². The standard InChI is InChI=1S/C36H39NO9/c1-23-36(46-22-37-23,26-8-12-28(13-9-26)44-20-30(38)24-6-16-32(40-2)34(18-24)42-4)27-10-14-29(15-11-27)45-21-31(39)25-7-17-33(41-3)35(19-25)43-5/h6-19,30-31,38-39H,20-22H2,1-5H3. The van der Waals surface area contributed by atoms with Gasteiger partial charge in [-0.3, -0.25) is 4.99 Å². The summed E-state index contributed by atoms with van der Waals surface area (Å²) in [4.78, 5) is 4.55. The van der Waals surface area contributed by atoms with Gasteiger partial charge in [-0.1, -0.05) is 36.4 Å². The van der Waals surface area contributed by atoms with Crippen LogP contribution in [0.2, 0.25) is 0 Å². The topological polar surface area (TPSA) is 117 Å². The lowest BCUT2D eigenvalue weighted by molar-refractivity contribution is 0.0607. The molecule has 1 heterocycles. The van der Waals surface area contributed by atoms with E-state index in [1.54, 1.807) is 64.8 Å². The molecule has 0 radical (unpaired) electrons. The third-order valence-electron chi connectivity index (χ3n) is 8.01. The molecule has 0 fully saturated rings. The maximum absolute atomic E-state index is 10.7. The van der Waals surface area contributed by atoms with E-state index in [2.05, 4.69) is 4.99 Å². The van der Waals surface area contributed by atoms with Gasteiger partial charge in [0.25, 0.3) is 0 Å². The molecule has 0 saturated carbocycles. The molecule has 2 N–H and O–H groups in total. The molecule has 5 rings (SSSR count). The molecule has 1 aliphatic rings. The van der Waals surface area contributed by atoms with Gasteiger partial charge in [0.05, 0.1) is 34.2 Å². The number of hydrogen-bond donors (Lipinski definition) is 2. The van der Waals surface area contributed by atoms with E-state index in [4.69, 9.17) is 33.2 Å². The van der Waals surface area contributed by atoms with E-state index in [1.165, 1.54) is 0 Å². The first-order valence-electron chi connectivity index (χ1n) is 14.7. The predicted molar refractivity (Wildman–Crippen MR) is 173 cm³/mol. The molecule has 0 aromatic heterocycles. The number of aliphatic imine (C=N–C) groups is 1. The Labute approximate surface area is 268 Å². The minimum absolute atomic E-state index is 0.0547. The SMILES string of the molecule is COc1ccc(C(O)COc2ccc(C3(c4ccc(OCC(O)c5ccc(OC)c(OC)c5)cc4)OCN=C3C)cc2)cc1OC. The van der Waals surface area contributed by atoms with E-state index in [1.807, 2.05) is 55.5 Å². The van der Waals surface area contributed by atoms with Gasteiger partial charge in [-0.15, -0.1) is 0 Å². The number of aliphatic hydroxyl groups excluding tert-OH is 2. The Hall–Kier alpha value is -4.77. The summed E-state index contributed by atoms with van der Waals surface area (Å²) < 4.78 is 39.3. The average Bonchev–Trinajstić information content (AvgIpc) is 3.50. The highest BCUT2D eigenvalue weighted by molar-refractivity contribution is 5.96. The number of rotatable bonds is 14. The predicted octanol–water partition coefficient (Wildman–Crippen LogP) is 5.64. The van der Waals surface area contributed by atoms with Crippen molar-refractivity contribution in [3.63, 3.8) is 0 Å². The smallest absolute Gasteiger partial charge is 0.161 e. The molecule has 46 heavy (non-hydrogen) atoms. The Morgan fingerprint density at radius 3 is 1.39 bits per heavy atom. The Balaban J connectivity index is 1.25. The van der Waals surface area contributed by atoms with Crippen LogP contribution in [0.3, 0.4) is 0 Å². The molecule has 4 aromatic rings. The molecule has 0 bridgehead atoms. The Bertz CT molecular complexity index is 1530. The second-order valence-corrected chi connectivity index (χ2v) is 10.6. The molecule has 0 aliphatic carbocycles. The van der Waals surface area contributed by atoms with Crippen molar-refractivity contribution in [1.29, 1.82) is 0 Å². The van der Waals surface area contributed by atoms with Crippen LogP contribution in [0.1, 0.15) is 41.4 Å². The summed E-state index contributed by atoms with van der Waals surface area (Å²) in [5.41, 5.74) is 3.02. The molecule has 0 spiro atoms. The van der Waals surface area contributed by atoms with Crippen LogP contribution in [0.25, 0.3) is 0 Å². The van der Waals surface area contributed by atoms with Crippen LogP contribution in [0.15, 0.2) is 89.9 Å². The summed E-state index contributed by atoms with van der Waals surface area (Å²) in [5, 5.41) is 21.4. The van der Waals surface area contributed by atoms with Gasteiger partial charge in [0.1, 0.15) is 43.7 Å². The zero-order chi connectivity index (χ0) is 32.7. The first-order chi connectivity index (χ1) is 22.3. The second-order valence-electron chi connectivity index (χ2n) is 10.6. The van der Waals surface area contributed by atoms with Gasteiger partial charge in [-0.05, 0) is 77.7 Å². The fraction of sp³-hybridized carbons (Fsp3) is 0.306. The van der Waals surface area contributed by atoms with Gasteiger partial charge in [-0.2, -0.15) is 0 Å². The minimum atomic E-state index is -0.880. The molecular weight excluding hydrogens is 590 g/mol. The molecule has 4 aromatic carbocycles. The van der Waals surface area contributed by atoms with Gasteiger partial charge in [-0.25, -0.2) is 0 Å². The molecule has 0 saturated heterocycles. The van der Waals surface area contributed by atoms with Crippen LogP contribution in [-0.4, -0.2) is 64.3 Å². The number of methoxy groups -OCH3 is 4. The van der Waals surface area contributed by atoms with Crippen molar-refractivity contribution in [2.24, 2.45) is 4.99 Å². The lowest BCUT2D eigenvalue weighted by Gasteiger charge is -2.30. The van der Waals surface area contributed by atoms with Crippen LogP contribution in [0.5, 0.6) is 34.5 Å². The van der Waals surface area contributed by atoms with Gasteiger partial charge >= 0.3 is 0 Å². The lowest BCUT2D eigenvalue weighted by Crippen LogP contribution is -2.34. The number of ether oxygens (including phenoxy) is 7. The van der Waals surface area contributed by atoms with Crippen molar-refractivity contribution >= 4 is 5.71 Å². The average molecular weight is 630 g/mol. The summed E-state index contributed by atoms with van der Waals surface area (Å²) in [6, 6.07) is 25.7. The molecule has 10 nitrogen and oxygen atoms in total. The van der Waals surface area contributed by atoms with E-state index in [9.17, 15) is 10.2 Å². The Morgan fingerprint density at radius 2 is 1.04 bits per heavy atom. The summed E-state index contributed by atoms with van der Waals surface area (Å²) in [6.07, 6.45) is -1.72. The zero-order valence-electron chi connectivity index (χ0n) is 26.6. The monoisotopic (exact) mass is 629 g/mol. The van der Waals surface area contributed by atoms with Crippen LogP contribution in [-0.2, 0) is 10.3 Å². The van der Waals surface area contributed by atoms with Crippen molar-refractivity contribution in [2.45, 2.75) is 24.7 Å². The number of hydrogen-bond acceptors (Lipinski definition) is 10. The maximum Gasteiger partial charge on any atom is 0.161 e. The van der Waals surface area contributed by atoms with Crippen molar-refractivity contribution in [1.82, 2.24) is 0 Å². The van der Waals surface area contributed by atoms with Crippen molar-refractivity contribution in [3.05, 3.63) is 107 Å². The van der Waals surface area contributed by atoms with Crippen molar-refractivity contribution in [2.75, 3.05) is 48.4 Å². The normalized spacial score (nSPS) is 17.1. The second kappa shape index (κ2) is 14.6. The molecule has 2 atom stereocenters. The molecule has 242 valence electrons. The van der Waals surface area contributed by atoms with Crippen LogP contribution in [0.4, 0.5) is 0 Å². The highest BCUT2D eigenvalue weighted by Crippen LogP contribution is 2.40. The van der Waals surface area contributed by atoms with Crippen LogP contribution < -0.4 is 28.4 Å². The van der Waals surface area contributed by atoms with Crippen molar-refractivity contribution < 1.29 is 43.4 Å². The lowest BCUT2D eigenvalue weighted by atomic mass is 9.82. The summed E-state index contributed by atoms with van der Waals surface area (Å²) in [5.74, 6) is 3.45. The first-order valence-corrected chi connectivity index (χ1v) is 14.7. The van der Waals surface area contributed by atoms with Gasteiger partial charge in [0.2, 0.25) is 0 Å². The van der Waals surface area contributed by atoms with E-state index in [0.29, 0.717) is 45.6 Å². The quantitative estimate of drug-likeness (QED) is 0.183. The van der Waals surface area contributed by atoms with Gasteiger partial charge in [0, 0.05) is 0 Å². The summed E-state index contributed by atoms with van der Waals surface area (Å²) in [7, 11) is 6.23. The largest absolute Gasteiger partial charge is 0.493 e. The van der Waals surface area contributed by atoms with E-state index < -0.39 is 17.8 Å². The molecule has 0 amide bonds. The Kier molecular flexibility index (Phi) is 10.3. The van der Waals surface area contributed by atoms with E-state index in [-0.39, 0.29) is 19.9 Å². The van der Waals surface area contributed by atoms with Crippen LogP contribution in [0, 0.1) is 0 Å². The molecule has 1 aliphatic heterocycles.